The van der Waals surface area contributed by atoms with Crippen molar-refractivity contribution in [3.63, 3.8) is 0 Å². The minimum Gasteiger partial charge on any atom is -0.348 e. The first-order chi connectivity index (χ1) is 15.4. The third-order valence-corrected chi connectivity index (χ3v) is 9.25. The summed E-state index contributed by atoms with van der Waals surface area (Å²) in [6.07, 6.45) is 5.26. The third kappa shape index (κ3) is 4.47. The lowest BCUT2D eigenvalue weighted by atomic mass is 9.84. The van der Waals surface area contributed by atoms with Crippen molar-refractivity contribution in [2.75, 3.05) is 46.8 Å². The van der Waals surface area contributed by atoms with Gasteiger partial charge in [0.15, 0.2) is 0 Å². The number of fused-ring (bicyclic) bond motifs is 1. The Morgan fingerprint density at radius 1 is 1.16 bits per heavy atom. The molecule has 5 heterocycles. The van der Waals surface area contributed by atoms with Crippen LogP contribution in [0, 0.1) is 0 Å². The van der Waals surface area contributed by atoms with Crippen LogP contribution in [0.4, 0.5) is 0 Å². The lowest BCUT2D eigenvalue weighted by Gasteiger charge is -2.41. The number of piperidine rings is 2. The molecule has 5 rings (SSSR count). The van der Waals surface area contributed by atoms with Gasteiger partial charge in [0.05, 0.1) is 12.0 Å². The number of hydrogen-bond donors (Lipinski definition) is 1. The Hall–Kier alpha value is -1.48. The van der Waals surface area contributed by atoms with Crippen LogP contribution in [-0.2, 0) is 16.1 Å². The van der Waals surface area contributed by atoms with E-state index in [4.69, 9.17) is 0 Å². The molecule has 1 aromatic rings. The molecule has 4 saturated heterocycles. The molecule has 1 aromatic heterocycles. The lowest BCUT2D eigenvalue weighted by Crippen LogP contribution is -2.56. The molecule has 2 atom stereocenters. The highest BCUT2D eigenvalue weighted by atomic mass is 32.1. The van der Waals surface area contributed by atoms with E-state index in [0.717, 1.165) is 52.0 Å². The summed E-state index contributed by atoms with van der Waals surface area (Å²) in [6.45, 7) is 5.77. The van der Waals surface area contributed by atoms with Crippen molar-refractivity contribution in [1.82, 2.24) is 24.9 Å². The number of rotatable bonds is 4. The standard InChI is InChI=1S/C24H37N5O2S/c1-26-9-5-18(6-10-26)27(2)19-14-21-23(31)25-24(15-22(30)29(21)16-19)7-11-28(12-8-24)17-20-4-3-13-32-20/h3-4,13,18-19,21H,5-12,14-17H2,1-2H3,(H,25,31)/t19-,21-/m0/s1. The third-order valence-electron chi connectivity index (χ3n) is 8.39. The maximum atomic E-state index is 13.3. The number of likely N-dealkylation sites (tertiary alicyclic amines) is 2. The van der Waals surface area contributed by atoms with Gasteiger partial charge in [-0.25, -0.2) is 0 Å². The number of hydrogen-bond acceptors (Lipinski definition) is 6. The van der Waals surface area contributed by atoms with Gasteiger partial charge in [-0.1, -0.05) is 6.07 Å². The van der Waals surface area contributed by atoms with E-state index in [1.165, 1.54) is 17.7 Å². The minimum absolute atomic E-state index is 0.0711. The molecule has 1 spiro atoms. The Balaban J connectivity index is 1.20. The first kappa shape index (κ1) is 22.3. The van der Waals surface area contributed by atoms with Crippen LogP contribution in [0.25, 0.3) is 0 Å². The molecule has 0 saturated carbocycles. The highest BCUT2D eigenvalue weighted by Gasteiger charge is 2.49. The highest BCUT2D eigenvalue weighted by Crippen LogP contribution is 2.34. The summed E-state index contributed by atoms with van der Waals surface area (Å²) in [5, 5.41) is 5.49. The normalized spacial score (nSPS) is 30.0. The molecule has 0 aromatic carbocycles. The molecule has 7 nitrogen and oxygen atoms in total. The van der Waals surface area contributed by atoms with Gasteiger partial charge in [-0.05, 0) is 70.7 Å². The van der Waals surface area contributed by atoms with Gasteiger partial charge in [0, 0.05) is 43.1 Å². The second-order valence-electron chi connectivity index (χ2n) is 10.5. The van der Waals surface area contributed by atoms with Gasteiger partial charge in [-0.3, -0.25) is 19.4 Å². The van der Waals surface area contributed by atoms with Crippen LogP contribution in [0.2, 0.25) is 0 Å². The second kappa shape index (κ2) is 9.05. The van der Waals surface area contributed by atoms with Crippen LogP contribution in [-0.4, -0.2) is 102 Å². The Morgan fingerprint density at radius 3 is 2.59 bits per heavy atom. The molecule has 1 N–H and O–H groups in total. The van der Waals surface area contributed by atoms with Gasteiger partial charge < -0.3 is 15.1 Å². The fourth-order valence-electron chi connectivity index (χ4n) is 6.18. The maximum absolute atomic E-state index is 13.3. The molecule has 32 heavy (non-hydrogen) atoms. The van der Waals surface area contributed by atoms with Crippen molar-refractivity contribution in [2.24, 2.45) is 0 Å². The smallest absolute Gasteiger partial charge is 0.243 e. The summed E-state index contributed by atoms with van der Waals surface area (Å²) < 4.78 is 0. The highest BCUT2D eigenvalue weighted by molar-refractivity contribution is 7.09. The van der Waals surface area contributed by atoms with E-state index in [0.29, 0.717) is 19.0 Å². The summed E-state index contributed by atoms with van der Waals surface area (Å²) in [6, 6.07) is 4.81. The molecule has 8 heteroatoms. The fourth-order valence-corrected chi connectivity index (χ4v) is 6.92. The molecule has 4 aliphatic heterocycles. The Bertz CT molecular complexity index is 786. The van der Waals surface area contributed by atoms with Crippen molar-refractivity contribution >= 4 is 23.2 Å². The zero-order valence-corrected chi connectivity index (χ0v) is 20.3. The topological polar surface area (TPSA) is 59.1 Å². The average molecular weight is 460 g/mol. The Labute approximate surface area is 195 Å². The molecular weight excluding hydrogens is 422 g/mol. The average Bonchev–Trinajstić information content (AvgIpc) is 3.44. The number of amides is 2. The van der Waals surface area contributed by atoms with E-state index >= 15 is 0 Å². The number of carbonyl (C=O) groups excluding carboxylic acids is 2. The predicted octanol–water partition coefficient (Wildman–Crippen LogP) is 1.60. The molecule has 4 fully saturated rings. The largest absolute Gasteiger partial charge is 0.348 e. The number of nitrogens with zero attached hydrogens (tertiary/aromatic N) is 4. The van der Waals surface area contributed by atoms with Crippen LogP contribution in [0.5, 0.6) is 0 Å². The zero-order valence-electron chi connectivity index (χ0n) is 19.5. The van der Waals surface area contributed by atoms with Gasteiger partial charge in [0.2, 0.25) is 11.8 Å². The monoisotopic (exact) mass is 459 g/mol. The van der Waals surface area contributed by atoms with E-state index in [-0.39, 0.29) is 29.4 Å². The summed E-state index contributed by atoms with van der Waals surface area (Å²) in [7, 11) is 4.38. The van der Waals surface area contributed by atoms with Crippen molar-refractivity contribution in [2.45, 2.75) is 68.7 Å². The molecule has 176 valence electrons. The number of likely N-dealkylation sites (N-methyl/N-ethyl adjacent to an activating group) is 1. The number of nitrogens with one attached hydrogen (secondary N) is 1. The van der Waals surface area contributed by atoms with Crippen LogP contribution in [0.1, 0.15) is 43.4 Å². The Kier molecular flexibility index (Phi) is 6.31. The summed E-state index contributed by atoms with van der Waals surface area (Å²) >= 11 is 1.79. The van der Waals surface area contributed by atoms with Gasteiger partial charge in [-0.15, -0.1) is 11.3 Å². The molecule has 0 bridgehead atoms. The van der Waals surface area contributed by atoms with Gasteiger partial charge in [0.25, 0.3) is 0 Å². The quantitative estimate of drug-likeness (QED) is 0.741. The predicted molar refractivity (Wildman–Crippen MR) is 127 cm³/mol. The lowest BCUT2D eigenvalue weighted by molar-refractivity contribution is -0.135. The summed E-state index contributed by atoms with van der Waals surface area (Å²) in [5.74, 6) is 0.237. The Morgan fingerprint density at radius 2 is 1.91 bits per heavy atom. The first-order valence-electron chi connectivity index (χ1n) is 12.2. The van der Waals surface area contributed by atoms with Crippen LogP contribution in [0.15, 0.2) is 17.5 Å². The van der Waals surface area contributed by atoms with Crippen molar-refractivity contribution in [1.29, 1.82) is 0 Å². The van der Waals surface area contributed by atoms with E-state index in [2.05, 4.69) is 51.6 Å². The molecule has 0 aliphatic carbocycles. The van der Waals surface area contributed by atoms with E-state index < -0.39 is 0 Å². The fraction of sp³-hybridized carbons (Fsp3) is 0.750. The molecule has 2 amide bonds. The van der Waals surface area contributed by atoms with Gasteiger partial charge in [0.1, 0.15) is 6.04 Å². The summed E-state index contributed by atoms with van der Waals surface area (Å²) in [5.41, 5.74) is -0.361. The van der Waals surface area contributed by atoms with E-state index in [1.54, 1.807) is 11.3 Å². The molecule has 0 radical (unpaired) electrons. The van der Waals surface area contributed by atoms with Crippen molar-refractivity contribution in [3.8, 4) is 0 Å². The second-order valence-corrected chi connectivity index (χ2v) is 11.5. The SMILES string of the molecule is CN1CCC(N(C)[C@H]2C[C@H]3C(=O)NC4(CCN(Cc5cccs5)CC4)CC(=O)N3C2)CC1. The minimum atomic E-state index is -0.361. The van der Waals surface area contributed by atoms with Crippen LogP contribution < -0.4 is 5.32 Å². The van der Waals surface area contributed by atoms with E-state index in [9.17, 15) is 9.59 Å². The number of carbonyl (C=O) groups is 2. The van der Waals surface area contributed by atoms with Crippen LogP contribution in [0.3, 0.4) is 0 Å². The van der Waals surface area contributed by atoms with Crippen molar-refractivity contribution < 1.29 is 9.59 Å². The molecule has 0 unspecified atom stereocenters. The first-order valence-corrected chi connectivity index (χ1v) is 13.1. The summed E-state index contributed by atoms with van der Waals surface area (Å²) in [4.78, 5) is 37.2. The number of thiophene rings is 1. The van der Waals surface area contributed by atoms with Gasteiger partial charge >= 0.3 is 0 Å². The van der Waals surface area contributed by atoms with Crippen LogP contribution >= 0.6 is 11.3 Å². The molecular formula is C24H37N5O2S. The van der Waals surface area contributed by atoms with Gasteiger partial charge in [-0.2, -0.15) is 0 Å². The zero-order chi connectivity index (χ0) is 22.3. The molecule has 4 aliphatic rings. The van der Waals surface area contributed by atoms with Crippen molar-refractivity contribution in [3.05, 3.63) is 22.4 Å². The maximum Gasteiger partial charge on any atom is 0.243 e. The van der Waals surface area contributed by atoms with E-state index in [1.807, 2.05) is 4.90 Å².